The molecule has 1 aromatic heterocycles. The van der Waals surface area contributed by atoms with Crippen LogP contribution in [-0.2, 0) is 10.0 Å². The molecular weight excluding hydrogens is 298 g/mol. The van der Waals surface area contributed by atoms with Crippen molar-refractivity contribution in [3.8, 4) is 0 Å². The number of hydrogen-bond donors (Lipinski definition) is 3. The monoisotopic (exact) mass is 313 g/mol. The van der Waals surface area contributed by atoms with E-state index in [1.807, 2.05) is 25.1 Å². The highest BCUT2D eigenvalue weighted by Crippen LogP contribution is 2.33. The normalized spacial score (nSPS) is 11.7. The molecule has 0 radical (unpaired) electrons. The van der Waals surface area contributed by atoms with Gasteiger partial charge in [-0.15, -0.1) is 11.3 Å². The molecule has 8 heteroatoms. The predicted molar refractivity (Wildman–Crippen MR) is 81.3 cm³/mol. The quantitative estimate of drug-likeness (QED) is 0.774. The topological polar surface area (TPSA) is 115 Å². The standard InChI is InChI=1S/C12H15N3O3S2/c1-7-2-3-8-9(6-7)19-11(10(8)13)12(16)15-4-5-20(14,17)18/h2-3,6H,4-5,13H2,1H3,(H,15,16)(H2,14,17,18). The maximum Gasteiger partial charge on any atom is 0.263 e. The number of nitrogens with two attached hydrogens (primary N) is 2. The third-order valence-corrected chi connectivity index (χ3v) is 4.70. The Kier molecular flexibility index (Phi) is 3.98. The number of anilines is 1. The van der Waals surface area contributed by atoms with E-state index >= 15 is 0 Å². The van der Waals surface area contributed by atoms with E-state index in [4.69, 9.17) is 10.9 Å². The van der Waals surface area contributed by atoms with Gasteiger partial charge in [-0.25, -0.2) is 13.6 Å². The molecule has 0 atom stereocenters. The van der Waals surface area contributed by atoms with Gasteiger partial charge in [0.05, 0.1) is 11.4 Å². The Morgan fingerprint density at radius 3 is 2.75 bits per heavy atom. The van der Waals surface area contributed by atoms with Crippen LogP contribution in [0.25, 0.3) is 10.1 Å². The first-order valence-corrected chi connectivity index (χ1v) is 8.38. The summed E-state index contributed by atoms with van der Waals surface area (Å²) in [5, 5.41) is 8.20. The van der Waals surface area contributed by atoms with Crippen molar-refractivity contribution in [2.45, 2.75) is 6.92 Å². The molecule has 6 nitrogen and oxygen atoms in total. The number of sulfonamides is 1. The molecule has 1 amide bonds. The molecule has 0 aliphatic heterocycles. The minimum absolute atomic E-state index is 0.0373. The van der Waals surface area contributed by atoms with E-state index in [1.54, 1.807) is 0 Å². The number of aryl methyl sites for hydroxylation is 1. The fourth-order valence-electron chi connectivity index (χ4n) is 1.78. The van der Waals surface area contributed by atoms with Gasteiger partial charge in [-0.2, -0.15) is 0 Å². The maximum absolute atomic E-state index is 12.0. The minimum Gasteiger partial charge on any atom is -0.397 e. The number of amides is 1. The third-order valence-electron chi connectivity index (χ3n) is 2.76. The zero-order valence-corrected chi connectivity index (χ0v) is 12.5. The summed E-state index contributed by atoms with van der Waals surface area (Å²) in [6.45, 7) is 1.92. The molecule has 20 heavy (non-hydrogen) atoms. The zero-order valence-electron chi connectivity index (χ0n) is 10.8. The Morgan fingerprint density at radius 1 is 1.40 bits per heavy atom. The number of nitrogen functional groups attached to an aromatic ring is 1. The van der Waals surface area contributed by atoms with Gasteiger partial charge in [0.1, 0.15) is 4.88 Å². The summed E-state index contributed by atoms with van der Waals surface area (Å²) in [6, 6.07) is 5.75. The molecule has 0 saturated heterocycles. The summed E-state index contributed by atoms with van der Waals surface area (Å²) in [4.78, 5) is 12.4. The van der Waals surface area contributed by atoms with Crippen LogP contribution in [0.15, 0.2) is 18.2 Å². The lowest BCUT2D eigenvalue weighted by Crippen LogP contribution is -2.31. The second-order valence-corrected chi connectivity index (χ2v) is 7.25. The fraction of sp³-hybridized carbons (Fsp3) is 0.250. The van der Waals surface area contributed by atoms with Crippen LogP contribution in [-0.4, -0.2) is 26.6 Å². The smallest absolute Gasteiger partial charge is 0.263 e. The van der Waals surface area contributed by atoms with Crippen LogP contribution in [0.4, 0.5) is 5.69 Å². The lowest BCUT2D eigenvalue weighted by Gasteiger charge is -2.03. The van der Waals surface area contributed by atoms with Crippen molar-refractivity contribution in [1.82, 2.24) is 5.32 Å². The fourth-order valence-corrected chi connectivity index (χ4v) is 3.30. The molecule has 5 N–H and O–H groups in total. The molecule has 0 fully saturated rings. The second kappa shape index (κ2) is 5.39. The Bertz CT molecular complexity index is 766. The SMILES string of the molecule is Cc1ccc2c(N)c(C(=O)NCCS(N)(=O)=O)sc2c1. The van der Waals surface area contributed by atoms with Crippen molar-refractivity contribution >= 4 is 43.0 Å². The second-order valence-electron chi connectivity index (χ2n) is 4.47. The van der Waals surface area contributed by atoms with Gasteiger partial charge in [0.2, 0.25) is 10.0 Å². The molecule has 2 aromatic rings. The number of thiophene rings is 1. The van der Waals surface area contributed by atoms with Crippen LogP contribution >= 0.6 is 11.3 Å². The predicted octanol–water partition coefficient (Wildman–Crippen LogP) is 0.810. The maximum atomic E-state index is 12.0. The number of fused-ring (bicyclic) bond motifs is 1. The number of rotatable bonds is 4. The van der Waals surface area contributed by atoms with Crippen molar-refractivity contribution in [3.63, 3.8) is 0 Å². The molecule has 0 aliphatic carbocycles. The summed E-state index contributed by atoms with van der Waals surface area (Å²) in [6.07, 6.45) is 0. The minimum atomic E-state index is -3.58. The molecule has 0 saturated carbocycles. The molecule has 0 bridgehead atoms. The van der Waals surface area contributed by atoms with Gasteiger partial charge >= 0.3 is 0 Å². The van der Waals surface area contributed by atoms with E-state index in [0.717, 1.165) is 15.6 Å². The summed E-state index contributed by atoms with van der Waals surface area (Å²) in [7, 11) is -3.58. The van der Waals surface area contributed by atoms with Crippen LogP contribution in [0.1, 0.15) is 15.2 Å². The van der Waals surface area contributed by atoms with E-state index in [2.05, 4.69) is 5.32 Å². The Hall–Kier alpha value is -1.64. The molecule has 0 unspecified atom stereocenters. The lowest BCUT2D eigenvalue weighted by molar-refractivity contribution is 0.0961. The Morgan fingerprint density at radius 2 is 2.10 bits per heavy atom. The highest BCUT2D eigenvalue weighted by molar-refractivity contribution is 7.89. The molecule has 108 valence electrons. The highest BCUT2D eigenvalue weighted by Gasteiger charge is 2.16. The highest BCUT2D eigenvalue weighted by atomic mass is 32.2. The van der Waals surface area contributed by atoms with Gasteiger partial charge in [-0.3, -0.25) is 4.79 Å². The Labute approximate surface area is 120 Å². The number of benzene rings is 1. The van der Waals surface area contributed by atoms with Crippen molar-refractivity contribution in [3.05, 3.63) is 28.6 Å². The van der Waals surface area contributed by atoms with Gasteiger partial charge in [0, 0.05) is 16.6 Å². The van der Waals surface area contributed by atoms with Crippen molar-refractivity contribution in [2.75, 3.05) is 18.0 Å². The van der Waals surface area contributed by atoms with Crippen LogP contribution in [0.2, 0.25) is 0 Å². The van der Waals surface area contributed by atoms with Crippen molar-refractivity contribution in [2.24, 2.45) is 5.14 Å². The number of primary sulfonamides is 1. The van der Waals surface area contributed by atoms with Gasteiger partial charge < -0.3 is 11.1 Å². The lowest BCUT2D eigenvalue weighted by atomic mass is 10.1. The summed E-state index contributed by atoms with van der Waals surface area (Å²) < 4.78 is 22.5. The van der Waals surface area contributed by atoms with Gasteiger partial charge in [-0.1, -0.05) is 12.1 Å². The molecule has 1 heterocycles. The first-order chi connectivity index (χ1) is 9.28. The third kappa shape index (κ3) is 3.27. The summed E-state index contributed by atoms with van der Waals surface area (Å²) in [5.41, 5.74) is 7.45. The van der Waals surface area contributed by atoms with Gasteiger partial charge in [0.15, 0.2) is 0 Å². The summed E-state index contributed by atoms with van der Waals surface area (Å²) in [5.74, 6) is -0.687. The van der Waals surface area contributed by atoms with Crippen LogP contribution < -0.4 is 16.2 Å². The molecule has 2 rings (SSSR count). The van der Waals surface area contributed by atoms with Gasteiger partial charge in [0.25, 0.3) is 5.91 Å². The molecule has 0 aliphatic rings. The van der Waals surface area contributed by atoms with Gasteiger partial charge in [-0.05, 0) is 18.6 Å². The first-order valence-electron chi connectivity index (χ1n) is 5.85. The van der Waals surface area contributed by atoms with E-state index in [9.17, 15) is 13.2 Å². The molecular formula is C12H15N3O3S2. The van der Waals surface area contributed by atoms with Crippen LogP contribution in [0.3, 0.4) is 0 Å². The number of nitrogens with one attached hydrogen (secondary N) is 1. The van der Waals surface area contributed by atoms with Crippen LogP contribution in [0, 0.1) is 6.92 Å². The van der Waals surface area contributed by atoms with E-state index in [1.165, 1.54) is 11.3 Å². The number of carbonyl (C=O) groups excluding carboxylic acids is 1. The van der Waals surface area contributed by atoms with E-state index in [0.29, 0.717) is 10.6 Å². The largest absolute Gasteiger partial charge is 0.397 e. The molecule has 1 aromatic carbocycles. The average molecular weight is 313 g/mol. The molecule has 0 spiro atoms. The number of hydrogen-bond acceptors (Lipinski definition) is 5. The average Bonchev–Trinajstić information content (AvgIpc) is 2.64. The first kappa shape index (κ1) is 14.8. The van der Waals surface area contributed by atoms with Crippen LogP contribution in [0.5, 0.6) is 0 Å². The van der Waals surface area contributed by atoms with E-state index < -0.39 is 10.0 Å². The Balaban J connectivity index is 2.20. The number of carbonyl (C=O) groups is 1. The van der Waals surface area contributed by atoms with E-state index in [-0.39, 0.29) is 18.2 Å². The summed E-state index contributed by atoms with van der Waals surface area (Å²) >= 11 is 1.29. The zero-order chi connectivity index (χ0) is 14.9. The van der Waals surface area contributed by atoms with Crippen molar-refractivity contribution < 1.29 is 13.2 Å². The van der Waals surface area contributed by atoms with Crippen molar-refractivity contribution in [1.29, 1.82) is 0 Å².